The Balaban J connectivity index is 2.05. The van der Waals surface area contributed by atoms with Gasteiger partial charge in [-0.15, -0.1) is 0 Å². The van der Waals surface area contributed by atoms with Crippen molar-refractivity contribution in [3.05, 3.63) is 65.2 Å². The molecule has 25 heavy (non-hydrogen) atoms. The Kier molecular flexibility index (Phi) is 6.93. The van der Waals surface area contributed by atoms with Gasteiger partial charge in [0.25, 0.3) is 0 Å². The van der Waals surface area contributed by atoms with E-state index < -0.39 is 5.92 Å². The third-order valence-corrected chi connectivity index (χ3v) is 4.50. The first-order valence-corrected chi connectivity index (χ1v) is 8.83. The van der Waals surface area contributed by atoms with Gasteiger partial charge in [0.05, 0.1) is 13.0 Å². The van der Waals surface area contributed by atoms with E-state index in [1.165, 1.54) is 11.1 Å². The van der Waals surface area contributed by atoms with Crippen molar-refractivity contribution in [2.75, 3.05) is 7.11 Å². The van der Waals surface area contributed by atoms with Gasteiger partial charge in [-0.25, -0.2) is 0 Å². The Hall–Kier alpha value is -2.42. The number of rotatable bonds is 9. The first-order valence-electron chi connectivity index (χ1n) is 8.83. The zero-order valence-corrected chi connectivity index (χ0v) is 15.2. The molecule has 0 N–H and O–H groups in total. The summed E-state index contributed by atoms with van der Waals surface area (Å²) in [6, 6.07) is 16.2. The quantitative estimate of drug-likeness (QED) is 0.636. The van der Waals surface area contributed by atoms with Gasteiger partial charge in [0, 0.05) is 12.8 Å². The summed E-state index contributed by atoms with van der Waals surface area (Å²) in [5.41, 5.74) is 3.45. The molecule has 3 nitrogen and oxygen atoms in total. The van der Waals surface area contributed by atoms with E-state index in [-0.39, 0.29) is 11.6 Å². The molecule has 0 radical (unpaired) electrons. The predicted octanol–water partition coefficient (Wildman–Crippen LogP) is 4.40. The third-order valence-electron chi connectivity index (χ3n) is 4.50. The van der Waals surface area contributed by atoms with Crippen LogP contribution in [0.15, 0.2) is 48.5 Å². The Bertz CT molecular complexity index is 683. The van der Waals surface area contributed by atoms with E-state index in [1.807, 2.05) is 38.1 Å². The molecule has 2 aromatic carbocycles. The minimum absolute atomic E-state index is 0.0363. The molecule has 0 atom stereocenters. The fourth-order valence-corrected chi connectivity index (χ4v) is 2.91. The molecule has 0 amide bonds. The van der Waals surface area contributed by atoms with Gasteiger partial charge >= 0.3 is 0 Å². The highest BCUT2D eigenvalue weighted by molar-refractivity contribution is 6.02. The van der Waals surface area contributed by atoms with Crippen LogP contribution in [0.25, 0.3) is 0 Å². The zero-order chi connectivity index (χ0) is 18.2. The van der Waals surface area contributed by atoms with Crippen LogP contribution in [0, 0.1) is 5.92 Å². The molecule has 0 aromatic heterocycles. The SMILES string of the molecule is CCC(=O)C(Cc1ccc(Cc2ccc(OC)cc2)cc1)C(=O)CC. The van der Waals surface area contributed by atoms with Gasteiger partial charge in [0.15, 0.2) is 0 Å². The molecule has 0 heterocycles. The average Bonchev–Trinajstić information content (AvgIpc) is 2.66. The first kappa shape index (κ1) is 18.9. The van der Waals surface area contributed by atoms with Crippen molar-refractivity contribution in [1.82, 2.24) is 0 Å². The Labute approximate surface area is 150 Å². The summed E-state index contributed by atoms with van der Waals surface area (Å²) in [6.45, 7) is 3.63. The van der Waals surface area contributed by atoms with E-state index in [1.54, 1.807) is 7.11 Å². The summed E-state index contributed by atoms with van der Waals surface area (Å²) in [5.74, 6) is 0.428. The smallest absolute Gasteiger partial charge is 0.143 e. The Morgan fingerprint density at radius 3 is 1.68 bits per heavy atom. The minimum atomic E-state index is -0.498. The molecule has 132 valence electrons. The number of carbonyl (C=O) groups excluding carboxylic acids is 2. The lowest BCUT2D eigenvalue weighted by Gasteiger charge is -2.13. The van der Waals surface area contributed by atoms with Crippen molar-refractivity contribution in [2.24, 2.45) is 5.92 Å². The van der Waals surface area contributed by atoms with Gasteiger partial charge in [0.2, 0.25) is 0 Å². The van der Waals surface area contributed by atoms with E-state index in [4.69, 9.17) is 4.74 Å². The van der Waals surface area contributed by atoms with E-state index in [0.717, 1.165) is 17.7 Å². The molecule has 2 rings (SSSR count). The summed E-state index contributed by atoms with van der Waals surface area (Å²) < 4.78 is 5.17. The fourth-order valence-electron chi connectivity index (χ4n) is 2.91. The molecule has 2 aromatic rings. The highest BCUT2D eigenvalue weighted by Crippen LogP contribution is 2.18. The molecular formula is C22H26O3. The molecule has 0 aliphatic carbocycles. The van der Waals surface area contributed by atoms with Crippen molar-refractivity contribution in [3.63, 3.8) is 0 Å². The van der Waals surface area contributed by atoms with Gasteiger partial charge in [-0.3, -0.25) is 9.59 Å². The van der Waals surface area contributed by atoms with Crippen LogP contribution >= 0.6 is 0 Å². The zero-order valence-electron chi connectivity index (χ0n) is 15.2. The largest absolute Gasteiger partial charge is 0.497 e. The molecule has 0 bridgehead atoms. The van der Waals surface area contributed by atoms with Crippen LogP contribution in [-0.4, -0.2) is 18.7 Å². The summed E-state index contributed by atoms with van der Waals surface area (Å²) >= 11 is 0. The van der Waals surface area contributed by atoms with Crippen LogP contribution in [0.1, 0.15) is 43.4 Å². The number of methoxy groups -OCH3 is 1. The summed E-state index contributed by atoms with van der Waals surface area (Å²) in [5, 5.41) is 0. The van der Waals surface area contributed by atoms with E-state index >= 15 is 0 Å². The number of benzene rings is 2. The number of Topliss-reactive ketones (excluding diaryl/α,β-unsaturated/α-hetero) is 2. The lowest BCUT2D eigenvalue weighted by atomic mass is 9.88. The first-order chi connectivity index (χ1) is 12.1. The predicted molar refractivity (Wildman–Crippen MR) is 100 cm³/mol. The average molecular weight is 338 g/mol. The molecule has 0 aliphatic heterocycles. The van der Waals surface area contributed by atoms with E-state index in [0.29, 0.717) is 19.3 Å². The monoisotopic (exact) mass is 338 g/mol. The lowest BCUT2D eigenvalue weighted by Crippen LogP contribution is -2.25. The van der Waals surface area contributed by atoms with Crippen LogP contribution < -0.4 is 4.74 Å². The maximum Gasteiger partial charge on any atom is 0.143 e. The van der Waals surface area contributed by atoms with E-state index in [2.05, 4.69) is 24.3 Å². The molecule has 0 fully saturated rings. The van der Waals surface area contributed by atoms with Crippen LogP contribution in [0.4, 0.5) is 0 Å². The minimum Gasteiger partial charge on any atom is -0.497 e. The molecular weight excluding hydrogens is 312 g/mol. The topological polar surface area (TPSA) is 43.4 Å². The van der Waals surface area contributed by atoms with E-state index in [9.17, 15) is 9.59 Å². The number of hydrogen-bond acceptors (Lipinski definition) is 3. The van der Waals surface area contributed by atoms with Gasteiger partial charge in [-0.2, -0.15) is 0 Å². The van der Waals surface area contributed by atoms with Crippen LogP contribution in [0.5, 0.6) is 5.75 Å². The number of ether oxygens (including phenoxy) is 1. The summed E-state index contributed by atoms with van der Waals surface area (Å²) in [6.07, 6.45) is 2.16. The number of hydrogen-bond donors (Lipinski definition) is 0. The molecule has 0 aliphatic rings. The summed E-state index contributed by atoms with van der Waals surface area (Å²) in [4.78, 5) is 24.1. The highest BCUT2D eigenvalue weighted by Gasteiger charge is 2.23. The van der Waals surface area contributed by atoms with Gasteiger partial charge in [-0.1, -0.05) is 50.2 Å². The van der Waals surface area contributed by atoms with Crippen molar-refractivity contribution in [2.45, 2.75) is 39.5 Å². The number of carbonyl (C=O) groups is 2. The van der Waals surface area contributed by atoms with Crippen LogP contribution in [-0.2, 0) is 22.4 Å². The molecule has 3 heteroatoms. The third kappa shape index (κ3) is 5.28. The molecule has 0 unspecified atom stereocenters. The van der Waals surface area contributed by atoms with Crippen LogP contribution in [0.3, 0.4) is 0 Å². The highest BCUT2D eigenvalue weighted by atomic mass is 16.5. The van der Waals surface area contributed by atoms with Gasteiger partial charge in [0.1, 0.15) is 17.3 Å². The van der Waals surface area contributed by atoms with Gasteiger partial charge < -0.3 is 4.74 Å². The van der Waals surface area contributed by atoms with Crippen molar-refractivity contribution in [1.29, 1.82) is 0 Å². The Morgan fingerprint density at radius 2 is 1.24 bits per heavy atom. The molecule has 0 saturated heterocycles. The molecule has 0 saturated carbocycles. The second kappa shape index (κ2) is 9.16. The van der Waals surface area contributed by atoms with Crippen molar-refractivity contribution < 1.29 is 14.3 Å². The van der Waals surface area contributed by atoms with Crippen LogP contribution in [0.2, 0.25) is 0 Å². The molecule has 0 spiro atoms. The standard InChI is InChI=1S/C22H26O3/c1-4-21(23)20(22(24)5-2)15-18-8-6-16(7-9-18)14-17-10-12-19(25-3)13-11-17/h6-13,20H,4-5,14-15H2,1-3H3. The summed E-state index contributed by atoms with van der Waals surface area (Å²) in [7, 11) is 1.66. The normalized spacial score (nSPS) is 10.7. The maximum atomic E-state index is 12.0. The maximum absolute atomic E-state index is 12.0. The Morgan fingerprint density at radius 1 is 0.800 bits per heavy atom. The second-order valence-electron chi connectivity index (χ2n) is 6.24. The lowest BCUT2D eigenvalue weighted by molar-refractivity contribution is -0.132. The van der Waals surface area contributed by atoms with Crippen molar-refractivity contribution >= 4 is 11.6 Å². The fraction of sp³-hybridized carbons (Fsp3) is 0.364. The van der Waals surface area contributed by atoms with Crippen molar-refractivity contribution in [3.8, 4) is 5.75 Å². The van der Waals surface area contributed by atoms with Gasteiger partial charge in [-0.05, 0) is 41.7 Å². The number of ketones is 2. The second-order valence-corrected chi connectivity index (χ2v) is 6.24.